The molecule has 0 aliphatic heterocycles. The third-order valence-corrected chi connectivity index (χ3v) is 4.41. The minimum absolute atomic E-state index is 0.231. The highest BCUT2D eigenvalue weighted by Crippen LogP contribution is 2.26. The van der Waals surface area contributed by atoms with Crippen molar-refractivity contribution in [3.63, 3.8) is 0 Å². The van der Waals surface area contributed by atoms with Crippen LogP contribution in [0.2, 0.25) is 0 Å². The molecule has 3 rings (SSSR count). The number of aryl methyl sites for hydroxylation is 1. The lowest BCUT2D eigenvalue weighted by molar-refractivity contribution is 0.252. The van der Waals surface area contributed by atoms with Gasteiger partial charge in [0.25, 0.3) is 0 Å². The van der Waals surface area contributed by atoms with E-state index in [-0.39, 0.29) is 6.03 Å². The van der Waals surface area contributed by atoms with Crippen LogP contribution in [0.1, 0.15) is 37.9 Å². The van der Waals surface area contributed by atoms with Crippen LogP contribution in [-0.4, -0.2) is 39.9 Å². The largest absolute Gasteiger partial charge is 0.494 e. The summed E-state index contributed by atoms with van der Waals surface area (Å²) in [6, 6.07) is 5.11. The first kappa shape index (κ1) is 17.9. The van der Waals surface area contributed by atoms with Crippen molar-refractivity contribution in [2.75, 3.05) is 19.0 Å². The highest BCUT2D eigenvalue weighted by Gasteiger charge is 2.12. The van der Waals surface area contributed by atoms with Crippen LogP contribution in [0.3, 0.4) is 0 Å². The van der Waals surface area contributed by atoms with Crippen LogP contribution in [0.4, 0.5) is 10.5 Å². The zero-order valence-corrected chi connectivity index (χ0v) is 15.2. The van der Waals surface area contributed by atoms with Crippen molar-refractivity contribution in [2.45, 2.75) is 39.0 Å². The minimum atomic E-state index is -0.231. The van der Waals surface area contributed by atoms with Gasteiger partial charge in [-0.2, -0.15) is 4.68 Å². The summed E-state index contributed by atoms with van der Waals surface area (Å²) in [6.45, 7) is 2.43. The van der Waals surface area contributed by atoms with Gasteiger partial charge >= 0.3 is 6.03 Å². The Kier molecular flexibility index (Phi) is 5.83. The number of nitrogens with zero attached hydrogens (tertiary/aromatic N) is 4. The third-order valence-electron chi connectivity index (χ3n) is 4.41. The number of aromatic nitrogens is 4. The molecule has 0 fully saturated rings. The van der Waals surface area contributed by atoms with Gasteiger partial charge in [-0.25, -0.2) is 4.79 Å². The second-order valence-corrected chi connectivity index (χ2v) is 6.26. The van der Waals surface area contributed by atoms with E-state index in [9.17, 15) is 4.79 Å². The fourth-order valence-corrected chi connectivity index (χ4v) is 3.03. The number of benzene rings is 1. The Labute approximate surface area is 152 Å². The molecule has 8 heteroatoms. The Morgan fingerprint density at radius 3 is 2.92 bits per heavy atom. The van der Waals surface area contributed by atoms with Crippen LogP contribution in [0.5, 0.6) is 5.75 Å². The second kappa shape index (κ2) is 8.46. The number of tetrazole rings is 1. The van der Waals surface area contributed by atoms with E-state index in [2.05, 4.69) is 32.2 Å². The molecular formula is C18H24N6O2. The summed E-state index contributed by atoms with van der Waals surface area (Å²) in [5.41, 5.74) is 2.75. The zero-order chi connectivity index (χ0) is 18.4. The zero-order valence-electron chi connectivity index (χ0n) is 15.2. The summed E-state index contributed by atoms with van der Waals surface area (Å²) < 4.78 is 6.93. The molecular weight excluding hydrogens is 332 g/mol. The van der Waals surface area contributed by atoms with Crippen molar-refractivity contribution < 1.29 is 9.53 Å². The first-order valence-corrected chi connectivity index (χ1v) is 8.83. The van der Waals surface area contributed by atoms with Crippen LogP contribution in [0.15, 0.2) is 29.8 Å². The van der Waals surface area contributed by atoms with E-state index in [4.69, 9.17) is 4.74 Å². The number of urea groups is 1. The van der Waals surface area contributed by atoms with Crippen molar-refractivity contribution in [1.82, 2.24) is 25.5 Å². The van der Waals surface area contributed by atoms with E-state index in [1.165, 1.54) is 18.4 Å². The Balaban J connectivity index is 1.61. The molecule has 0 atom stereocenters. The van der Waals surface area contributed by atoms with Crippen molar-refractivity contribution >= 4 is 11.7 Å². The SMILES string of the molecule is COc1ccc(NC(=O)NCCC2=CCCCC2)cc1-n1nnnc1C. The lowest BCUT2D eigenvalue weighted by Crippen LogP contribution is -2.29. The number of anilines is 1. The average Bonchev–Trinajstić information content (AvgIpc) is 3.08. The molecule has 1 aliphatic carbocycles. The number of nitrogens with one attached hydrogen (secondary N) is 2. The predicted octanol–water partition coefficient (Wildman–Crippen LogP) is 2.99. The quantitative estimate of drug-likeness (QED) is 0.776. The Bertz CT molecular complexity index is 799. The molecule has 2 aromatic rings. The molecule has 1 heterocycles. The number of hydrogen-bond acceptors (Lipinski definition) is 5. The Morgan fingerprint density at radius 2 is 2.23 bits per heavy atom. The van der Waals surface area contributed by atoms with Crippen LogP contribution >= 0.6 is 0 Å². The predicted molar refractivity (Wildman–Crippen MR) is 98.6 cm³/mol. The van der Waals surface area contributed by atoms with Crippen molar-refractivity contribution in [3.8, 4) is 11.4 Å². The maximum absolute atomic E-state index is 12.2. The van der Waals surface area contributed by atoms with Gasteiger partial charge < -0.3 is 15.4 Å². The van der Waals surface area contributed by atoms with E-state index in [0.717, 1.165) is 19.3 Å². The van der Waals surface area contributed by atoms with Gasteiger partial charge in [0.1, 0.15) is 11.4 Å². The summed E-state index contributed by atoms with van der Waals surface area (Å²) in [5.74, 6) is 1.25. The number of rotatable bonds is 6. The van der Waals surface area contributed by atoms with Gasteiger partial charge in [-0.15, -0.1) is 5.10 Å². The van der Waals surface area contributed by atoms with Gasteiger partial charge in [-0.05, 0) is 67.7 Å². The number of carbonyl (C=O) groups is 1. The molecule has 2 N–H and O–H groups in total. The molecule has 0 saturated heterocycles. The number of hydrogen-bond donors (Lipinski definition) is 2. The first-order valence-electron chi connectivity index (χ1n) is 8.83. The lowest BCUT2D eigenvalue weighted by atomic mass is 9.97. The van der Waals surface area contributed by atoms with Crippen LogP contribution in [-0.2, 0) is 0 Å². The summed E-state index contributed by atoms with van der Waals surface area (Å²) in [6.07, 6.45) is 8.04. The van der Waals surface area contributed by atoms with Crippen molar-refractivity contribution in [2.24, 2.45) is 0 Å². The number of carbonyl (C=O) groups excluding carboxylic acids is 1. The molecule has 138 valence electrons. The average molecular weight is 356 g/mol. The van der Waals surface area contributed by atoms with Crippen molar-refractivity contribution in [1.29, 1.82) is 0 Å². The van der Waals surface area contributed by atoms with Crippen LogP contribution < -0.4 is 15.4 Å². The topological polar surface area (TPSA) is 94.0 Å². The Morgan fingerprint density at radius 1 is 1.35 bits per heavy atom. The molecule has 0 spiro atoms. The van der Waals surface area contributed by atoms with E-state index < -0.39 is 0 Å². The van der Waals surface area contributed by atoms with E-state index in [1.807, 2.05) is 0 Å². The summed E-state index contributed by atoms with van der Waals surface area (Å²) in [5, 5.41) is 17.2. The summed E-state index contributed by atoms with van der Waals surface area (Å²) in [7, 11) is 1.58. The maximum atomic E-state index is 12.2. The van der Waals surface area contributed by atoms with E-state index in [1.54, 1.807) is 36.9 Å². The van der Waals surface area contributed by atoms with Gasteiger partial charge in [0, 0.05) is 12.2 Å². The molecule has 0 radical (unpaired) electrons. The highest BCUT2D eigenvalue weighted by atomic mass is 16.5. The van der Waals surface area contributed by atoms with Crippen LogP contribution in [0, 0.1) is 6.92 Å². The molecule has 1 aromatic carbocycles. The molecule has 0 unspecified atom stereocenters. The molecule has 0 bridgehead atoms. The normalized spacial score (nSPS) is 13.8. The third kappa shape index (κ3) is 4.38. The molecule has 8 nitrogen and oxygen atoms in total. The lowest BCUT2D eigenvalue weighted by Gasteiger charge is -2.14. The monoisotopic (exact) mass is 356 g/mol. The number of methoxy groups -OCH3 is 1. The molecule has 0 saturated carbocycles. The van der Waals surface area contributed by atoms with Gasteiger partial charge in [0.2, 0.25) is 0 Å². The van der Waals surface area contributed by atoms with Crippen molar-refractivity contribution in [3.05, 3.63) is 35.7 Å². The number of allylic oxidation sites excluding steroid dienone is 1. The van der Waals surface area contributed by atoms with E-state index >= 15 is 0 Å². The smallest absolute Gasteiger partial charge is 0.319 e. The molecule has 1 aromatic heterocycles. The highest BCUT2D eigenvalue weighted by molar-refractivity contribution is 5.89. The fourth-order valence-electron chi connectivity index (χ4n) is 3.03. The Hall–Kier alpha value is -2.90. The molecule has 2 amide bonds. The molecule has 1 aliphatic rings. The minimum Gasteiger partial charge on any atom is -0.494 e. The van der Waals surface area contributed by atoms with E-state index in [0.29, 0.717) is 29.5 Å². The van der Waals surface area contributed by atoms with Gasteiger partial charge in [-0.3, -0.25) is 0 Å². The standard InChI is InChI=1S/C18H24N6O2/c1-13-21-22-23-24(13)16-12-15(8-9-17(16)26-2)20-18(25)19-11-10-14-6-4-3-5-7-14/h6,8-9,12H,3-5,7,10-11H2,1-2H3,(H2,19,20,25). The maximum Gasteiger partial charge on any atom is 0.319 e. The number of ether oxygens (including phenoxy) is 1. The second-order valence-electron chi connectivity index (χ2n) is 6.26. The first-order chi connectivity index (χ1) is 12.7. The summed E-state index contributed by atoms with van der Waals surface area (Å²) in [4.78, 5) is 12.2. The summed E-state index contributed by atoms with van der Waals surface area (Å²) >= 11 is 0. The fraction of sp³-hybridized carbons (Fsp3) is 0.444. The van der Waals surface area contributed by atoms with Crippen LogP contribution in [0.25, 0.3) is 5.69 Å². The number of amides is 2. The molecule has 26 heavy (non-hydrogen) atoms. The van der Waals surface area contributed by atoms with Gasteiger partial charge in [-0.1, -0.05) is 11.6 Å². The van der Waals surface area contributed by atoms with Gasteiger partial charge in [0.05, 0.1) is 7.11 Å². The van der Waals surface area contributed by atoms with Gasteiger partial charge in [0.15, 0.2) is 5.82 Å².